The number of benzene rings is 3. The highest BCUT2D eigenvalue weighted by Gasteiger charge is 2.19. The van der Waals surface area contributed by atoms with Crippen LogP contribution in [0.25, 0.3) is 16.6 Å². The molecule has 0 radical (unpaired) electrons. The zero-order valence-electron chi connectivity index (χ0n) is 22.3. The van der Waals surface area contributed by atoms with Crippen molar-refractivity contribution in [2.45, 2.75) is 0 Å². The Morgan fingerprint density at radius 3 is 2.29 bits per heavy atom. The van der Waals surface area contributed by atoms with E-state index in [1.807, 2.05) is 0 Å². The lowest BCUT2D eigenvalue weighted by atomic mass is 10.2. The van der Waals surface area contributed by atoms with Gasteiger partial charge in [0.15, 0.2) is 23.1 Å². The third kappa shape index (κ3) is 5.45. The molecule has 214 valence electrons. The molecule has 5 aromatic rings. The van der Waals surface area contributed by atoms with Crippen molar-refractivity contribution in [3.05, 3.63) is 99.3 Å². The van der Waals surface area contributed by atoms with Crippen LogP contribution in [-0.4, -0.2) is 39.6 Å². The molecule has 0 aliphatic rings. The maximum Gasteiger partial charge on any atom is 0.418 e. The maximum absolute atomic E-state index is 15.0. The molecule has 0 unspecified atom stereocenters. The Hall–Kier alpha value is -5.79. The van der Waals surface area contributed by atoms with Gasteiger partial charge >= 0.3 is 23.2 Å². The molecular weight excluding hydrogens is 556 g/mol. The normalized spacial score (nSPS) is 10.8. The third-order valence-electron chi connectivity index (χ3n) is 5.97. The number of carbonyl (C=O) groups excluding carboxylic acids is 1. The molecule has 0 saturated heterocycles. The average molecular weight is 578 g/mol. The average Bonchev–Trinajstić information content (AvgIpc) is 2.97. The second-order valence-corrected chi connectivity index (χ2v) is 8.62. The van der Waals surface area contributed by atoms with Gasteiger partial charge in [0.05, 0.1) is 25.4 Å². The highest BCUT2D eigenvalue weighted by Crippen LogP contribution is 2.37. The summed E-state index contributed by atoms with van der Waals surface area (Å²) in [4.78, 5) is 42.1. The summed E-state index contributed by atoms with van der Waals surface area (Å²) in [5.74, 6) is -1.11. The molecule has 42 heavy (non-hydrogen) atoms. The first-order chi connectivity index (χ1) is 20.2. The molecule has 2 aromatic heterocycles. The van der Waals surface area contributed by atoms with Gasteiger partial charge in [-0.2, -0.15) is 0 Å². The van der Waals surface area contributed by atoms with Crippen LogP contribution >= 0.6 is 0 Å². The Labute approximate surface area is 235 Å². The van der Waals surface area contributed by atoms with Crippen LogP contribution in [0.3, 0.4) is 0 Å². The van der Waals surface area contributed by atoms with Crippen LogP contribution in [0.1, 0.15) is 0 Å². The topological polar surface area (TPSA) is 136 Å². The Morgan fingerprint density at radius 2 is 1.60 bits per heavy atom. The largest absolute Gasteiger partial charge is 0.493 e. The summed E-state index contributed by atoms with van der Waals surface area (Å²) in [6.07, 6.45) is 0.309. The summed E-state index contributed by atoms with van der Waals surface area (Å²) >= 11 is 0. The van der Waals surface area contributed by atoms with Gasteiger partial charge in [-0.05, 0) is 48.5 Å². The van der Waals surface area contributed by atoms with Crippen molar-refractivity contribution in [3.63, 3.8) is 0 Å². The molecular formula is C28H21F2N5O7. The lowest BCUT2D eigenvalue weighted by Crippen LogP contribution is -2.40. The zero-order chi connectivity index (χ0) is 30.0. The fourth-order valence-corrected chi connectivity index (χ4v) is 3.98. The number of hydrogen-bond acceptors (Lipinski definition) is 9. The second kappa shape index (κ2) is 11.4. The standard InChI is InChI=1S/C28H21F2N5O7/c1-34-28(38)35(17-7-4-15(29)5-8-17)26(36)25(33-34)42-27(37)32-16-6-9-22(19(30)12-16)41-21-10-11-31-20-14-24(40-3)23(39-2)13-18(20)21/h4-14H,1-3H3,(H,32,37). The number of carbonyl (C=O) groups is 1. The van der Waals surface area contributed by atoms with Gasteiger partial charge in [-0.25, -0.2) is 27.6 Å². The van der Waals surface area contributed by atoms with Gasteiger partial charge in [0.1, 0.15) is 11.6 Å². The molecule has 2 heterocycles. The molecule has 14 heteroatoms. The number of aryl methyl sites for hydroxylation is 1. The molecule has 1 amide bonds. The van der Waals surface area contributed by atoms with Crippen molar-refractivity contribution in [1.82, 2.24) is 19.3 Å². The summed E-state index contributed by atoms with van der Waals surface area (Å²) < 4.78 is 51.2. The maximum atomic E-state index is 15.0. The van der Waals surface area contributed by atoms with E-state index in [2.05, 4.69) is 15.4 Å². The van der Waals surface area contributed by atoms with E-state index in [1.165, 1.54) is 51.7 Å². The highest BCUT2D eigenvalue weighted by molar-refractivity contribution is 5.88. The quantitative estimate of drug-likeness (QED) is 0.302. The number of ether oxygens (including phenoxy) is 4. The van der Waals surface area contributed by atoms with Crippen molar-refractivity contribution >= 4 is 22.7 Å². The number of halogens is 2. The van der Waals surface area contributed by atoms with Crippen molar-refractivity contribution in [2.24, 2.45) is 7.05 Å². The van der Waals surface area contributed by atoms with Crippen LogP contribution in [0.4, 0.5) is 19.3 Å². The van der Waals surface area contributed by atoms with Crippen molar-refractivity contribution in [2.75, 3.05) is 19.5 Å². The summed E-state index contributed by atoms with van der Waals surface area (Å²) in [5.41, 5.74) is -1.38. The number of pyridine rings is 1. The van der Waals surface area contributed by atoms with Crippen LogP contribution in [0.15, 0.2) is 76.4 Å². The second-order valence-electron chi connectivity index (χ2n) is 8.62. The third-order valence-corrected chi connectivity index (χ3v) is 5.97. The molecule has 1 N–H and O–H groups in total. The number of hydrogen-bond donors (Lipinski definition) is 1. The van der Waals surface area contributed by atoms with Gasteiger partial charge in [-0.15, -0.1) is 5.10 Å². The minimum Gasteiger partial charge on any atom is -0.493 e. The number of fused-ring (bicyclic) bond motifs is 1. The molecule has 0 spiro atoms. The molecule has 0 aliphatic heterocycles. The molecule has 3 aromatic carbocycles. The van der Waals surface area contributed by atoms with E-state index in [-0.39, 0.29) is 22.9 Å². The van der Waals surface area contributed by atoms with Gasteiger partial charge in [0.25, 0.3) is 0 Å². The minimum atomic E-state index is -1.18. The minimum absolute atomic E-state index is 0.0282. The Bertz CT molecular complexity index is 1940. The first-order valence-corrected chi connectivity index (χ1v) is 12.1. The van der Waals surface area contributed by atoms with E-state index in [0.717, 1.165) is 22.9 Å². The summed E-state index contributed by atoms with van der Waals surface area (Å²) in [5, 5.41) is 6.51. The lowest BCUT2D eigenvalue weighted by molar-refractivity contribution is 0.211. The van der Waals surface area contributed by atoms with Gasteiger partial charge in [-0.3, -0.25) is 15.1 Å². The zero-order valence-corrected chi connectivity index (χ0v) is 22.3. The number of amides is 1. The van der Waals surface area contributed by atoms with Crippen molar-refractivity contribution in [3.8, 4) is 34.6 Å². The monoisotopic (exact) mass is 577 g/mol. The predicted octanol–water partition coefficient (Wildman–Crippen LogP) is 4.18. The number of aromatic nitrogens is 4. The van der Waals surface area contributed by atoms with Crippen LogP contribution in [-0.2, 0) is 7.05 Å². The van der Waals surface area contributed by atoms with Crippen LogP contribution in [0.2, 0.25) is 0 Å². The summed E-state index contributed by atoms with van der Waals surface area (Å²) in [6, 6.07) is 13.0. The predicted molar refractivity (Wildman–Crippen MR) is 146 cm³/mol. The van der Waals surface area contributed by atoms with Crippen LogP contribution < -0.4 is 35.5 Å². The smallest absolute Gasteiger partial charge is 0.418 e. The highest BCUT2D eigenvalue weighted by atomic mass is 19.1. The van der Waals surface area contributed by atoms with Gasteiger partial charge < -0.3 is 18.9 Å². The molecule has 0 atom stereocenters. The van der Waals surface area contributed by atoms with E-state index < -0.39 is 34.9 Å². The van der Waals surface area contributed by atoms with E-state index >= 15 is 0 Å². The molecule has 0 aliphatic carbocycles. The summed E-state index contributed by atoms with van der Waals surface area (Å²) in [7, 11) is 4.21. The molecule has 12 nitrogen and oxygen atoms in total. The molecule has 5 rings (SSSR count). The first-order valence-electron chi connectivity index (χ1n) is 12.1. The fraction of sp³-hybridized carbons (Fsp3) is 0.107. The van der Waals surface area contributed by atoms with Gasteiger partial charge in [0, 0.05) is 36.5 Å². The van der Waals surface area contributed by atoms with E-state index in [1.54, 1.807) is 18.2 Å². The molecule has 0 fully saturated rings. The first kappa shape index (κ1) is 27.8. The number of methoxy groups -OCH3 is 2. The lowest BCUT2D eigenvalue weighted by Gasteiger charge is -2.13. The van der Waals surface area contributed by atoms with Crippen molar-refractivity contribution in [1.29, 1.82) is 0 Å². The molecule has 0 bridgehead atoms. The van der Waals surface area contributed by atoms with Crippen LogP contribution in [0, 0.1) is 11.6 Å². The summed E-state index contributed by atoms with van der Waals surface area (Å²) in [6.45, 7) is 0. The number of nitrogens with zero attached hydrogens (tertiary/aromatic N) is 4. The van der Waals surface area contributed by atoms with E-state index in [9.17, 15) is 23.2 Å². The molecule has 0 saturated carbocycles. The SMILES string of the molecule is COc1cc2nccc(Oc3ccc(NC(=O)Oc4nn(C)c(=O)n(-c5ccc(F)cc5)c4=O)cc3F)c2cc1OC. The number of nitrogens with one attached hydrogen (secondary N) is 1. The Balaban J connectivity index is 1.35. The Morgan fingerprint density at radius 1 is 0.881 bits per heavy atom. The fourth-order valence-electron chi connectivity index (χ4n) is 3.98. The number of rotatable bonds is 7. The van der Waals surface area contributed by atoms with Crippen molar-refractivity contribution < 1.29 is 32.5 Å². The Kier molecular flexibility index (Phi) is 7.51. The van der Waals surface area contributed by atoms with Crippen LogP contribution in [0.5, 0.6) is 28.9 Å². The number of anilines is 1. The van der Waals surface area contributed by atoms with E-state index in [0.29, 0.717) is 27.0 Å². The van der Waals surface area contributed by atoms with Gasteiger partial charge in [-0.1, -0.05) is 0 Å². The van der Waals surface area contributed by atoms with Gasteiger partial charge in [0.2, 0.25) is 0 Å². The van der Waals surface area contributed by atoms with E-state index in [4.69, 9.17) is 18.9 Å².